The predicted octanol–water partition coefficient (Wildman–Crippen LogP) is 3.91. The highest BCUT2D eigenvalue weighted by molar-refractivity contribution is 9.10. The molecule has 2 aromatic rings. The van der Waals surface area contributed by atoms with Gasteiger partial charge in [-0.05, 0) is 40.9 Å². The molecular weight excluding hydrogens is 252 g/mol. The van der Waals surface area contributed by atoms with Crippen LogP contribution in [0.4, 0.5) is 0 Å². The summed E-state index contributed by atoms with van der Waals surface area (Å²) in [6.45, 7) is 0. The highest BCUT2D eigenvalue weighted by Gasteiger charge is 2.17. The van der Waals surface area contributed by atoms with E-state index in [0.29, 0.717) is 6.04 Å². The lowest BCUT2D eigenvalue weighted by molar-refractivity contribution is 0.535. The second-order valence-corrected chi connectivity index (χ2v) is 5.04. The Morgan fingerprint density at radius 1 is 1.33 bits per heavy atom. The zero-order valence-electron chi connectivity index (χ0n) is 8.49. The van der Waals surface area contributed by atoms with Crippen LogP contribution >= 0.6 is 15.9 Å². The van der Waals surface area contributed by atoms with Gasteiger partial charge in [0.15, 0.2) is 0 Å². The van der Waals surface area contributed by atoms with Crippen molar-refractivity contribution in [3.05, 3.63) is 29.1 Å². The Bertz CT molecular complexity index is 483. The van der Waals surface area contributed by atoms with Gasteiger partial charge in [0.25, 0.3) is 0 Å². The number of pyridine rings is 1. The van der Waals surface area contributed by atoms with E-state index in [1.54, 1.807) is 0 Å². The number of aromatic nitrogens is 2. The van der Waals surface area contributed by atoms with Gasteiger partial charge >= 0.3 is 0 Å². The Kier molecular flexibility index (Phi) is 2.28. The quantitative estimate of drug-likeness (QED) is 0.715. The predicted molar refractivity (Wildman–Crippen MR) is 64.9 cm³/mol. The van der Waals surface area contributed by atoms with Gasteiger partial charge in [-0.1, -0.05) is 12.8 Å². The first-order chi connectivity index (χ1) is 7.34. The Balaban J connectivity index is 2.13. The summed E-state index contributed by atoms with van der Waals surface area (Å²) in [5.74, 6) is 0. The fraction of sp³-hybridized carbons (Fsp3) is 0.417. The first-order valence-electron chi connectivity index (χ1n) is 5.47. The summed E-state index contributed by atoms with van der Waals surface area (Å²) < 4.78 is 3.34. The fourth-order valence-corrected chi connectivity index (χ4v) is 2.84. The molecule has 2 heterocycles. The molecule has 0 radical (unpaired) electrons. The van der Waals surface area contributed by atoms with Crippen molar-refractivity contribution in [1.82, 2.24) is 9.55 Å². The van der Waals surface area contributed by atoms with E-state index in [1.807, 2.05) is 6.20 Å². The summed E-state index contributed by atoms with van der Waals surface area (Å²) in [5.41, 5.74) is 1.31. The smallest absolute Gasteiger partial charge is 0.108 e. The first kappa shape index (κ1) is 9.40. The number of rotatable bonds is 1. The number of halogens is 1. The number of fused-ring (bicyclic) bond motifs is 1. The molecule has 2 aromatic heterocycles. The van der Waals surface area contributed by atoms with Crippen LogP contribution in [-0.2, 0) is 0 Å². The van der Waals surface area contributed by atoms with Crippen LogP contribution in [-0.4, -0.2) is 9.55 Å². The molecule has 0 saturated heterocycles. The molecule has 0 spiro atoms. The molecule has 3 heteroatoms. The Labute approximate surface area is 97.4 Å². The average molecular weight is 265 g/mol. The Hall–Kier alpha value is -0.830. The van der Waals surface area contributed by atoms with Crippen molar-refractivity contribution in [2.24, 2.45) is 0 Å². The molecule has 3 rings (SSSR count). The summed E-state index contributed by atoms with van der Waals surface area (Å²) >= 11 is 3.44. The number of hydrogen-bond acceptors (Lipinski definition) is 1. The molecule has 0 atom stereocenters. The van der Waals surface area contributed by atoms with Gasteiger partial charge in [-0.3, -0.25) is 0 Å². The van der Waals surface area contributed by atoms with Crippen molar-refractivity contribution in [1.29, 1.82) is 0 Å². The van der Waals surface area contributed by atoms with Gasteiger partial charge in [0.1, 0.15) is 4.60 Å². The highest BCUT2D eigenvalue weighted by atomic mass is 79.9. The molecule has 2 nitrogen and oxygen atoms in total. The van der Waals surface area contributed by atoms with Crippen LogP contribution in [0.5, 0.6) is 0 Å². The highest BCUT2D eigenvalue weighted by Crippen LogP contribution is 2.33. The molecule has 0 amide bonds. The molecule has 1 saturated carbocycles. The summed E-state index contributed by atoms with van der Waals surface area (Å²) in [5, 5.41) is 1.24. The molecule has 78 valence electrons. The van der Waals surface area contributed by atoms with Gasteiger partial charge in [0, 0.05) is 23.8 Å². The van der Waals surface area contributed by atoms with Gasteiger partial charge in [-0.15, -0.1) is 0 Å². The second kappa shape index (κ2) is 3.63. The van der Waals surface area contributed by atoms with Crippen LogP contribution in [0.25, 0.3) is 10.9 Å². The molecule has 1 aliphatic carbocycles. The van der Waals surface area contributed by atoms with Crippen molar-refractivity contribution in [2.45, 2.75) is 31.7 Å². The molecule has 0 unspecified atom stereocenters. The van der Waals surface area contributed by atoms with Gasteiger partial charge in [-0.2, -0.15) is 0 Å². The van der Waals surface area contributed by atoms with Crippen molar-refractivity contribution in [3.63, 3.8) is 0 Å². The van der Waals surface area contributed by atoms with E-state index in [1.165, 1.54) is 36.6 Å². The summed E-state index contributed by atoms with van der Waals surface area (Å²) in [6.07, 6.45) is 9.53. The van der Waals surface area contributed by atoms with Crippen LogP contribution in [0.15, 0.2) is 29.1 Å². The molecule has 0 N–H and O–H groups in total. The molecule has 0 bridgehead atoms. The SMILES string of the molecule is Brc1cc2c(ccn2C2CCCC2)cn1. The lowest BCUT2D eigenvalue weighted by Crippen LogP contribution is -2.02. The maximum atomic E-state index is 4.25. The number of hydrogen-bond donors (Lipinski definition) is 0. The molecule has 0 aromatic carbocycles. The van der Waals surface area contributed by atoms with Gasteiger partial charge in [0.2, 0.25) is 0 Å². The maximum Gasteiger partial charge on any atom is 0.108 e. The molecular formula is C12H13BrN2. The van der Waals surface area contributed by atoms with Crippen LogP contribution < -0.4 is 0 Å². The summed E-state index contributed by atoms with van der Waals surface area (Å²) in [7, 11) is 0. The van der Waals surface area contributed by atoms with E-state index in [9.17, 15) is 0 Å². The molecule has 0 aliphatic heterocycles. The maximum absolute atomic E-state index is 4.25. The van der Waals surface area contributed by atoms with E-state index in [-0.39, 0.29) is 0 Å². The third-order valence-electron chi connectivity index (χ3n) is 3.29. The minimum Gasteiger partial charge on any atom is -0.344 e. The third kappa shape index (κ3) is 1.59. The minimum atomic E-state index is 0.705. The Morgan fingerprint density at radius 2 is 2.13 bits per heavy atom. The van der Waals surface area contributed by atoms with Crippen molar-refractivity contribution < 1.29 is 0 Å². The minimum absolute atomic E-state index is 0.705. The molecule has 15 heavy (non-hydrogen) atoms. The van der Waals surface area contributed by atoms with Gasteiger partial charge in [-0.25, -0.2) is 4.98 Å². The zero-order valence-corrected chi connectivity index (χ0v) is 10.1. The van der Waals surface area contributed by atoms with Crippen molar-refractivity contribution in [2.75, 3.05) is 0 Å². The van der Waals surface area contributed by atoms with Gasteiger partial charge in [0.05, 0.1) is 5.52 Å². The van der Waals surface area contributed by atoms with Gasteiger partial charge < -0.3 is 4.57 Å². The normalized spacial score (nSPS) is 17.7. The molecule has 1 aliphatic rings. The van der Waals surface area contributed by atoms with Crippen molar-refractivity contribution >= 4 is 26.8 Å². The van der Waals surface area contributed by atoms with Crippen LogP contribution in [0, 0.1) is 0 Å². The van der Waals surface area contributed by atoms with E-state index in [0.717, 1.165) is 4.60 Å². The standard InChI is InChI=1S/C12H13BrN2/c13-12-7-11-9(8-14-12)5-6-15(11)10-3-1-2-4-10/h5-8,10H,1-4H2. The lowest BCUT2D eigenvalue weighted by Gasteiger charge is -2.13. The second-order valence-electron chi connectivity index (χ2n) is 4.23. The van der Waals surface area contributed by atoms with E-state index < -0.39 is 0 Å². The van der Waals surface area contributed by atoms with Crippen LogP contribution in [0.3, 0.4) is 0 Å². The fourth-order valence-electron chi connectivity index (χ4n) is 2.52. The van der Waals surface area contributed by atoms with Crippen LogP contribution in [0.2, 0.25) is 0 Å². The van der Waals surface area contributed by atoms with E-state index >= 15 is 0 Å². The van der Waals surface area contributed by atoms with Crippen molar-refractivity contribution in [3.8, 4) is 0 Å². The van der Waals surface area contributed by atoms with E-state index in [4.69, 9.17) is 0 Å². The third-order valence-corrected chi connectivity index (χ3v) is 3.72. The van der Waals surface area contributed by atoms with Crippen LogP contribution in [0.1, 0.15) is 31.7 Å². The summed E-state index contributed by atoms with van der Waals surface area (Å²) in [6, 6.07) is 4.98. The monoisotopic (exact) mass is 264 g/mol. The average Bonchev–Trinajstić information content (AvgIpc) is 2.83. The molecule has 1 fully saturated rings. The lowest BCUT2D eigenvalue weighted by atomic mass is 10.2. The number of nitrogens with zero attached hydrogens (tertiary/aromatic N) is 2. The Morgan fingerprint density at radius 3 is 2.93 bits per heavy atom. The largest absolute Gasteiger partial charge is 0.344 e. The topological polar surface area (TPSA) is 17.8 Å². The first-order valence-corrected chi connectivity index (χ1v) is 6.26. The zero-order chi connectivity index (χ0) is 10.3. The summed E-state index contributed by atoms with van der Waals surface area (Å²) in [4.78, 5) is 4.25. The van der Waals surface area contributed by atoms with E-state index in [2.05, 4.69) is 43.8 Å².